The van der Waals surface area contributed by atoms with E-state index in [1.54, 1.807) is 25.1 Å². The van der Waals surface area contributed by atoms with E-state index in [2.05, 4.69) is 10.6 Å². The van der Waals surface area contributed by atoms with E-state index < -0.39 is 11.7 Å². The zero-order valence-corrected chi connectivity index (χ0v) is 16.0. The highest BCUT2D eigenvalue weighted by atomic mass is 19.1. The molecule has 2 N–H and O–H groups in total. The molecule has 0 aromatic heterocycles. The van der Waals surface area contributed by atoms with Gasteiger partial charge in [-0.05, 0) is 55.0 Å². The summed E-state index contributed by atoms with van der Waals surface area (Å²) in [6, 6.07) is 11.8. The van der Waals surface area contributed by atoms with Gasteiger partial charge in [0.05, 0.1) is 7.11 Å². The highest BCUT2D eigenvalue weighted by Crippen LogP contribution is 2.29. The second kappa shape index (κ2) is 10.5. The van der Waals surface area contributed by atoms with Gasteiger partial charge in [-0.1, -0.05) is 6.07 Å². The molecule has 0 aliphatic heterocycles. The maximum absolute atomic E-state index is 13.0. The Morgan fingerprint density at radius 2 is 1.90 bits per heavy atom. The van der Waals surface area contributed by atoms with Crippen molar-refractivity contribution in [3.63, 3.8) is 0 Å². The van der Waals surface area contributed by atoms with Crippen LogP contribution in [0.2, 0.25) is 0 Å². The molecular formula is C21H20FN3O4. The standard InChI is InChI=1S/C21H20FN3O4/c1-3-24-20(26)13-29-18-9-4-14(11-19(18)28-2)10-15(12-23)21(27)25-17-7-5-16(22)6-8-17/h4-11H,3,13H2,1-2H3,(H,24,26)(H,25,27)/b15-10+. The minimum Gasteiger partial charge on any atom is -0.493 e. The number of ether oxygens (including phenoxy) is 2. The first-order valence-corrected chi connectivity index (χ1v) is 8.73. The SMILES string of the molecule is CCNC(=O)COc1ccc(/C=C(\C#N)C(=O)Nc2ccc(F)cc2)cc1OC. The topological polar surface area (TPSA) is 100 Å². The fraction of sp³-hybridized carbons (Fsp3) is 0.190. The van der Waals surface area contributed by atoms with Crippen molar-refractivity contribution in [2.75, 3.05) is 25.6 Å². The van der Waals surface area contributed by atoms with E-state index in [4.69, 9.17) is 9.47 Å². The molecule has 0 atom stereocenters. The molecule has 0 saturated carbocycles. The van der Waals surface area contributed by atoms with Crippen molar-refractivity contribution in [1.29, 1.82) is 5.26 Å². The number of benzene rings is 2. The second-order valence-corrected chi connectivity index (χ2v) is 5.78. The number of nitrogens with one attached hydrogen (secondary N) is 2. The quantitative estimate of drug-likeness (QED) is 0.527. The fourth-order valence-corrected chi connectivity index (χ4v) is 2.33. The van der Waals surface area contributed by atoms with Gasteiger partial charge in [0.1, 0.15) is 17.5 Å². The zero-order chi connectivity index (χ0) is 21.2. The molecule has 0 spiro atoms. The van der Waals surface area contributed by atoms with E-state index in [9.17, 15) is 19.2 Å². The second-order valence-electron chi connectivity index (χ2n) is 5.78. The normalized spacial score (nSPS) is 10.6. The minimum atomic E-state index is -0.630. The Labute approximate surface area is 167 Å². The molecule has 29 heavy (non-hydrogen) atoms. The van der Waals surface area contributed by atoms with Crippen LogP contribution in [0.5, 0.6) is 11.5 Å². The molecule has 8 heteroatoms. The van der Waals surface area contributed by atoms with Gasteiger partial charge in [-0.2, -0.15) is 5.26 Å². The number of halogens is 1. The van der Waals surface area contributed by atoms with Gasteiger partial charge in [0.15, 0.2) is 18.1 Å². The summed E-state index contributed by atoms with van der Waals surface area (Å²) >= 11 is 0. The first-order valence-electron chi connectivity index (χ1n) is 8.73. The zero-order valence-electron chi connectivity index (χ0n) is 16.0. The summed E-state index contributed by atoms with van der Waals surface area (Å²) in [7, 11) is 1.44. The number of nitrogens with zero attached hydrogens (tertiary/aromatic N) is 1. The average Bonchev–Trinajstić information content (AvgIpc) is 2.72. The molecule has 7 nitrogen and oxygen atoms in total. The first kappa shape index (κ1) is 21.4. The van der Waals surface area contributed by atoms with Gasteiger partial charge in [0.2, 0.25) is 0 Å². The van der Waals surface area contributed by atoms with Crippen LogP contribution in [-0.2, 0) is 9.59 Å². The van der Waals surface area contributed by atoms with Crippen molar-refractivity contribution in [3.8, 4) is 17.6 Å². The van der Waals surface area contributed by atoms with Crippen molar-refractivity contribution >= 4 is 23.6 Å². The van der Waals surface area contributed by atoms with Crippen molar-refractivity contribution in [2.45, 2.75) is 6.92 Å². The van der Waals surface area contributed by atoms with Gasteiger partial charge in [-0.3, -0.25) is 9.59 Å². The summed E-state index contributed by atoms with van der Waals surface area (Å²) in [6.07, 6.45) is 1.38. The van der Waals surface area contributed by atoms with Crippen LogP contribution in [0.1, 0.15) is 12.5 Å². The molecule has 150 valence electrons. The van der Waals surface area contributed by atoms with E-state index in [1.807, 2.05) is 6.07 Å². The third-order valence-corrected chi connectivity index (χ3v) is 3.70. The summed E-state index contributed by atoms with van der Waals surface area (Å²) in [6.45, 7) is 2.14. The van der Waals surface area contributed by atoms with Gasteiger partial charge >= 0.3 is 0 Å². The third-order valence-electron chi connectivity index (χ3n) is 3.70. The predicted molar refractivity (Wildman–Crippen MR) is 106 cm³/mol. The van der Waals surface area contributed by atoms with Crippen molar-refractivity contribution < 1.29 is 23.5 Å². The molecule has 2 aromatic rings. The Balaban J connectivity index is 2.15. The highest BCUT2D eigenvalue weighted by Gasteiger charge is 2.12. The van der Waals surface area contributed by atoms with Gasteiger partial charge < -0.3 is 20.1 Å². The van der Waals surface area contributed by atoms with Crippen LogP contribution >= 0.6 is 0 Å². The van der Waals surface area contributed by atoms with Crippen LogP contribution in [0.25, 0.3) is 6.08 Å². The number of anilines is 1. The summed E-state index contributed by atoms with van der Waals surface area (Å²) < 4.78 is 23.6. The molecule has 2 rings (SSSR count). The van der Waals surface area contributed by atoms with Gasteiger partial charge in [-0.15, -0.1) is 0 Å². The number of methoxy groups -OCH3 is 1. The maximum Gasteiger partial charge on any atom is 0.266 e. The monoisotopic (exact) mass is 397 g/mol. The molecule has 0 aliphatic carbocycles. The first-order chi connectivity index (χ1) is 14.0. The van der Waals surface area contributed by atoms with Crippen LogP contribution in [-0.4, -0.2) is 32.1 Å². The van der Waals surface area contributed by atoms with Gasteiger partial charge in [-0.25, -0.2) is 4.39 Å². The molecule has 0 saturated heterocycles. The molecular weight excluding hydrogens is 377 g/mol. The van der Waals surface area contributed by atoms with Crippen LogP contribution in [0.15, 0.2) is 48.0 Å². The van der Waals surface area contributed by atoms with E-state index in [0.717, 1.165) is 0 Å². The lowest BCUT2D eigenvalue weighted by atomic mass is 10.1. The van der Waals surface area contributed by atoms with Gasteiger partial charge in [0, 0.05) is 12.2 Å². The molecule has 0 aliphatic rings. The van der Waals surface area contributed by atoms with Gasteiger partial charge in [0.25, 0.3) is 11.8 Å². The summed E-state index contributed by atoms with van der Waals surface area (Å²) in [5, 5.41) is 14.5. The lowest BCUT2D eigenvalue weighted by Gasteiger charge is -2.11. The molecule has 0 heterocycles. The highest BCUT2D eigenvalue weighted by molar-refractivity contribution is 6.09. The number of carbonyl (C=O) groups excluding carboxylic acids is 2. The summed E-state index contributed by atoms with van der Waals surface area (Å²) in [5.41, 5.74) is 0.745. The lowest BCUT2D eigenvalue weighted by Crippen LogP contribution is -2.28. The van der Waals surface area contributed by atoms with Crippen molar-refractivity contribution in [1.82, 2.24) is 5.32 Å². The molecule has 0 unspecified atom stereocenters. The summed E-state index contributed by atoms with van der Waals surface area (Å²) in [5.74, 6) is -0.623. The maximum atomic E-state index is 13.0. The Bertz CT molecular complexity index is 949. The Kier molecular flexibility index (Phi) is 7.74. The van der Waals surface area contributed by atoms with Crippen LogP contribution < -0.4 is 20.1 Å². The minimum absolute atomic E-state index is 0.146. The third kappa shape index (κ3) is 6.36. The Hall–Kier alpha value is -3.86. The van der Waals surface area contributed by atoms with E-state index in [0.29, 0.717) is 29.3 Å². The fourth-order valence-electron chi connectivity index (χ4n) is 2.33. The number of hydrogen-bond acceptors (Lipinski definition) is 5. The van der Waals surface area contributed by atoms with Crippen molar-refractivity contribution in [2.24, 2.45) is 0 Å². The number of amides is 2. The smallest absolute Gasteiger partial charge is 0.266 e. The molecule has 0 radical (unpaired) electrons. The number of rotatable bonds is 8. The number of carbonyl (C=O) groups is 2. The van der Waals surface area contributed by atoms with Crippen LogP contribution in [0.3, 0.4) is 0 Å². The largest absolute Gasteiger partial charge is 0.493 e. The lowest BCUT2D eigenvalue weighted by molar-refractivity contribution is -0.123. The van der Waals surface area contributed by atoms with Crippen LogP contribution in [0, 0.1) is 17.1 Å². The average molecular weight is 397 g/mol. The molecule has 2 aromatic carbocycles. The Morgan fingerprint density at radius 3 is 2.52 bits per heavy atom. The van der Waals surface area contributed by atoms with E-state index >= 15 is 0 Å². The van der Waals surface area contributed by atoms with Crippen molar-refractivity contribution in [3.05, 3.63) is 59.4 Å². The Morgan fingerprint density at radius 1 is 1.17 bits per heavy atom. The number of nitriles is 1. The number of likely N-dealkylation sites (N-methyl/N-ethyl adjacent to an activating group) is 1. The molecule has 0 fully saturated rings. The predicted octanol–water partition coefficient (Wildman–Crippen LogP) is 2.89. The van der Waals surface area contributed by atoms with E-state index in [-0.39, 0.29) is 18.1 Å². The molecule has 2 amide bonds. The van der Waals surface area contributed by atoms with Crippen LogP contribution in [0.4, 0.5) is 10.1 Å². The summed E-state index contributed by atoms with van der Waals surface area (Å²) in [4.78, 5) is 23.8. The molecule has 0 bridgehead atoms. The van der Waals surface area contributed by atoms with E-state index in [1.165, 1.54) is 37.5 Å². The number of hydrogen-bond donors (Lipinski definition) is 2.